The van der Waals surface area contributed by atoms with E-state index in [1.54, 1.807) is 29.2 Å². The van der Waals surface area contributed by atoms with Crippen molar-refractivity contribution in [2.45, 2.75) is 57.4 Å². The summed E-state index contributed by atoms with van der Waals surface area (Å²) < 4.78 is 0. The Morgan fingerprint density at radius 1 is 1.23 bits per heavy atom. The van der Waals surface area contributed by atoms with Crippen molar-refractivity contribution in [3.8, 4) is 0 Å². The van der Waals surface area contributed by atoms with Crippen molar-refractivity contribution in [2.24, 2.45) is 5.92 Å². The number of hydrogen-bond acceptors (Lipinski definition) is 3. The summed E-state index contributed by atoms with van der Waals surface area (Å²) in [6, 6.07) is 6.81. The normalized spacial score (nSPS) is 26.0. The van der Waals surface area contributed by atoms with Gasteiger partial charge in [0.2, 0.25) is 5.91 Å². The SMILES string of the molecule is CCC1CCC(NC(=O)c2ccc(N3CCCC3=O)cc2)(C(=O)O)CC1. The van der Waals surface area contributed by atoms with Crippen molar-refractivity contribution in [1.82, 2.24) is 5.32 Å². The van der Waals surface area contributed by atoms with Crippen LogP contribution in [-0.2, 0) is 9.59 Å². The molecule has 2 N–H and O–H groups in total. The highest BCUT2D eigenvalue weighted by molar-refractivity contribution is 5.99. The van der Waals surface area contributed by atoms with Gasteiger partial charge in [-0.3, -0.25) is 9.59 Å². The summed E-state index contributed by atoms with van der Waals surface area (Å²) >= 11 is 0. The summed E-state index contributed by atoms with van der Waals surface area (Å²) in [6.07, 6.45) is 5.02. The molecule has 2 fully saturated rings. The van der Waals surface area contributed by atoms with Crippen LogP contribution in [-0.4, -0.2) is 35.0 Å². The van der Waals surface area contributed by atoms with Crippen LogP contribution in [0.3, 0.4) is 0 Å². The molecule has 140 valence electrons. The van der Waals surface area contributed by atoms with Gasteiger partial charge in [0.25, 0.3) is 5.91 Å². The Morgan fingerprint density at radius 2 is 1.88 bits per heavy atom. The molecule has 2 aliphatic rings. The molecule has 1 aromatic carbocycles. The van der Waals surface area contributed by atoms with Crippen molar-refractivity contribution in [1.29, 1.82) is 0 Å². The van der Waals surface area contributed by atoms with E-state index >= 15 is 0 Å². The molecule has 0 atom stereocenters. The second-order valence-electron chi connectivity index (χ2n) is 7.39. The van der Waals surface area contributed by atoms with Crippen molar-refractivity contribution in [2.75, 3.05) is 11.4 Å². The predicted molar refractivity (Wildman–Crippen MR) is 98.1 cm³/mol. The molecule has 0 radical (unpaired) electrons. The number of carboxylic acids is 1. The minimum absolute atomic E-state index is 0.0970. The number of carbonyl (C=O) groups is 3. The smallest absolute Gasteiger partial charge is 0.329 e. The Hall–Kier alpha value is -2.37. The lowest BCUT2D eigenvalue weighted by atomic mass is 9.75. The fourth-order valence-corrected chi connectivity index (χ4v) is 3.97. The van der Waals surface area contributed by atoms with Gasteiger partial charge in [-0.2, -0.15) is 0 Å². The molecule has 0 aromatic heterocycles. The van der Waals surface area contributed by atoms with Crippen LogP contribution in [0, 0.1) is 5.92 Å². The van der Waals surface area contributed by atoms with E-state index in [2.05, 4.69) is 12.2 Å². The molecule has 6 heteroatoms. The first-order chi connectivity index (χ1) is 12.4. The van der Waals surface area contributed by atoms with Crippen LogP contribution in [0.15, 0.2) is 24.3 Å². The van der Waals surface area contributed by atoms with E-state index in [-0.39, 0.29) is 11.8 Å². The van der Waals surface area contributed by atoms with Crippen LogP contribution in [0.5, 0.6) is 0 Å². The molecule has 26 heavy (non-hydrogen) atoms. The van der Waals surface area contributed by atoms with Gasteiger partial charge in [-0.15, -0.1) is 0 Å². The summed E-state index contributed by atoms with van der Waals surface area (Å²) in [6.45, 7) is 2.81. The number of benzene rings is 1. The first-order valence-corrected chi connectivity index (χ1v) is 9.41. The molecule has 1 aromatic rings. The van der Waals surface area contributed by atoms with Gasteiger partial charge in [0.1, 0.15) is 5.54 Å². The molecule has 6 nitrogen and oxygen atoms in total. The number of nitrogens with one attached hydrogen (secondary N) is 1. The monoisotopic (exact) mass is 358 g/mol. The second-order valence-corrected chi connectivity index (χ2v) is 7.39. The number of hydrogen-bond donors (Lipinski definition) is 2. The van der Waals surface area contributed by atoms with Crippen molar-refractivity contribution in [3.63, 3.8) is 0 Å². The first-order valence-electron chi connectivity index (χ1n) is 9.41. The van der Waals surface area contributed by atoms with E-state index in [4.69, 9.17) is 0 Å². The molecule has 1 heterocycles. The maximum atomic E-state index is 12.6. The quantitative estimate of drug-likeness (QED) is 0.847. The van der Waals surface area contributed by atoms with E-state index in [1.807, 2.05) is 0 Å². The molecule has 0 bridgehead atoms. The van der Waals surface area contributed by atoms with Crippen molar-refractivity contribution < 1.29 is 19.5 Å². The van der Waals surface area contributed by atoms with E-state index in [0.29, 0.717) is 37.3 Å². The number of amides is 2. The van der Waals surface area contributed by atoms with Crippen molar-refractivity contribution >= 4 is 23.5 Å². The standard InChI is InChI=1S/C20H26N2O4/c1-2-14-9-11-20(12-10-14,19(25)26)21-18(24)15-5-7-16(8-6-15)22-13-3-4-17(22)23/h5-8,14H,2-4,9-13H2,1H3,(H,21,24)(H,25,26). The van der Waals surface area contributed by atoms with Crippen molar-refractivity contribution in [3.05, 3.63) is 29.8 Å². The minimum atomic E-state index is -1.17. The van der Waals surface area contributed by atoms with E-state index < -0.39 is 11.5 Å². The van der Waals surface area contributed by atoms with Crippen LogP contribution in [0.25, 0.3) is 0 Å². The molecule has 1 aliphatic heterocycles. The van der Waals surface area contributed by atoms with Gasteiger partial charge in [-0.1, -0.05) is 13.3 Å². The van der Waals surface area contributed by atoms with Gasteiger partial charge in [0.15, 0.2) is 0 Å². The third-order valence-corrected chi connectivity index (χ3v) is 5.81. The lowest BCUT2D eigenvalue weighted by Gasteiger charge is -2.37. The highest BCUT2D eigenvalue weighted by atomic mass is 16.4. The molecule has 1 saturated heterocycles. The Balaban J connectivity index is 1.70. The number of carboxylic acid groups (broad SMARTS) is 1. The number of anilines is 1. The summed E-state index contributed by atoms with van der Waals surface area (Å²) in [5.41, 5.74) is 0.0193. The lowest BCUT2D eigenvalue weighted by molar-refractivity contribution is -0.146. The zero-order chi connectivity index (χ0) is 18.7. The Bertz CT molecular complexity index is 690. The summed E-state index contributed by atoms with van der Waals surface area (Å²) in [4.78, 5) is 38.0. The van der Waals surface area contributed by atoms with E-state index in [0.717, 1.165) is 31.4 Å². The van der Waals surface area contributed by atoms with Crippen LogP contribution < -0.4 is 10.2 Å². The fourth-order valence-electron chi connectivity index (χ4n) is 3.97. The van der Waals surface area contributed by atoms with E-state index in [9.17, 15) is 19.5 Å². The molecule has 3 rings (SSSR count). The van der Waals surface area contributed by atoms with Crippen LogP contribution in [0.1, 0.15) is 62.2 Å². The minimum Gasteiger partial charge on any atom is -0.480 e. The number of rotatable bonds is 5. The highest BCUT2D eigenvalue weighted by Crippen LogP contribution is 2.34. The zero-order valence-electron chi connectivity index (χ0n) is 15.2. The van der Waals surface area contributed by atoms with Gasteiger partial charge in [-0.05, 0) is 62.3 Å². The maximum absolute atomic E-state index is 12.6. The fraction of sp³-hybridized carbons (Fsp3) is 0.550. The average molecular weight is 358 g/mol. The molecule has 0 unspecified atom stereocenters. The zero-order valence-corrected chi connectivity index (χ0v) is 15.2. The third kappa shape index (κ3) is 3.59. The number of carbonyl (C=O) groups excluding carboxylic acids is 2. The molecular weight excluding hydrogens is 332 g/mol. The maximum Gasteiger partial charge on any atom is 0.329 e. The molecule has 2 amide bonds. The number of aliphatic carboxylic acids is 1. The number of nitrogens with zero attached hydrogens (tertiary/aromatic N) is 1. The summed E-state index contributed by atoms with van der Waals surface area (Å²) in [5, 5.41) is 12.5. The van der Waals surface area contributed by atoms with Crippen LogP contribution in [0.2, 0.25) is 0 Å². The third-order valence-electron chi connectivity index (χ3n) is 5.81. The largest absolute Gasteiger partial charge is 0.480 e. The molecule has 1 saturated carbocycles. The average Bonchev–Trinajstić information content (AvgIpc) is 3.08. The topological polar surface area (TPSA) is 86.7 Å². The molecule has 0 spiro atoms. The Kier molecular flexibility index (Phi) is 5.30. The second kappa shape index (κ2) is 7.48. The first kappa shape index (κ1) is 18.4. The Labute approximate surface area is 153 Å². The van der Waals surface area contributed by atoms with Gasteiger partial charge < -0.3 is 15.3 Å². The predicted octanol–water partition coefficient (Wildman–Crippen LogP) is 2.97. The van der Waals surface area contributed by atoms with Crippen LogP contribution in [0.4, 0.5) is 5.69 Å². The van der Waals surface area contributed by atoms with Gasteiger partial charge in [0.05, 0.1) is 0 Å². The highest BCUT2D eigenvalue weighted by Gasteiger charge is 2.43. The lowest BCUT2D eigenvalue weighted by Crippen LogP contribution is -2.56. The van der Waals surface area contributed by atoms with Crippen LogP contribution >= 0.6 is 0 Å². The van der Waals surface area contributed by atoms with Gasteiger partial charge >= 0.3 is 5.97 Å². The molecule has 1 aliphatic carbocycles. The Morgan fingerprint density at radius 3 is 2.38 bits per heavy atom. The van der Waals surface area contributed by atoms with Gasteiger partial charge in [0, 0.05) is 24.2 Å². The summed E-state index contributed by atoms with van der Waals surface area (Å²) in [5.74, 6) is -0.697. The molecular formula is C20H26N2O4. The van der Waals surface area contributed by atoms with E-state index in [1.165, 1.54) is 0 Å². The van der Waals surface area contributed by atoms with Gasteiger partial charge in [-0.25, -0.2) is 4.79 Å². The summed E-state index contributed by atoms with van der Waals surface area (Å²) in [7, 11) is 0.